The number of fused-ring (bicyclic) bond motifs is 1. The maximum absolute atomic E-state index is 6.14. The molecule has 0 amide bonds. The lowest BCUT2D eigenvalue weighted by Gasteiger charge is -2.24. The van der Waals surface area contributed by atoms with Crippen molar-refractivity contribution in [3.8, 4) is 0 Å². The molecule has 2 N–H and O–H groups in total. The molecule has 2 aromatic heterocycles. The monoisotopic (exact) mass is 263 g/mol. The van der Waals surface area contributed by atoms with Crippen LogP contribution in [0.4, 0.5) is 0 Å². The van der Waals surface area contributed by atoms with E-state index in [1.807, 2.05) is 0 Å². The summed E-state index contributed by atoms with van der Waals surface area (Å²) in [5.41, 5.74) is 7.25. The topological polar surface area (TPSA) is 51.8 Å². The van der Waals surface area contributed by atoms with E-state index in [0.29, 0.717) is 5.92 Å². The Bertz CT molecular complexity index is 523. The number of aryl methyl sites for hydroxylation is 1. The van der Waals surface area contributed by atoms with E-state index in [9.17, 15) is 0 Å². The van der Waals surface area contributed by atoms with Crippen molar-refractivity contribution in [2.45, 2.75) is 46.1 Å². The smallest absolute Gasteiger partial charge is 0.127 e. The highest BCUT2D eigenvalue weighted by Crippen LogP contribution is 2.33. The molecule has 2 rings (SSSR count). The van der Waals surface area contributed by atoms with E-state index in [0.717, 1.165) is 16.9 Å². The average molecular weight is 263 g/mol. The molecule has 0 fully saturated rings. The fourth-order valence-corrected chi connectivity index (χ4v) is 3.48. The lowest BCUT2D eigenvalue weighted by Crippen LogP contribution is -2.29. The number of hydrogen-bond acceptors (Lipinski definition) is 4. The molecule has 0 saturated carbocycles. The molecule has 0 aliphatic rings. The summed E-state index contributed by atoms with van der Waals surface area (Å²) in [6.07, 6.45) is 2.72. The quantitative estimate of drug-likeness (QED) is 0.920. The van der Waals surface area contributed by atoms with Gasteiger partial charge in [0.25, 0.3) is 0 Å². The van der Waals surface area contributed by atoms with E-state index < -0.39 is 0 Å². The highest BCUT2D eigenvalue weighted by atomic mass is 32.1. The van der Waals surface area contributed by atoms with Gasteiger partial charge in [-0.2, -0.15) is 0 Å². The van der Waals surface area contributed by atoms with Crippen LogP contribution in [0.25, 0.3) is 10.2 Å². The summed E-state index contributed by atoms with van der Waals surface area (Å²) in [6, 6.07) is 2.33. The highest BCUT2D eigenvalue weighted by molar-refractivity contribution is 7.18. The van der Waals surface area contributed by atoms with E-state index in [2.05, 4.69) is 43.7 Å². The molecule has 18 heavy (non-hydrogen) atoms. The maximum Gasteiger partial charge on any atom is 0.127 e. The van der Waals surface area contributed by atoms with Gasteiger partial charge in [-0.15, -0.1) is 11.3 Å². The number of aromatic nitrogens is 2. The van der Waals surface area contributed by atoms with Gasteiger partial charge >= 0.3 is 0 Å². The van der Waals surface area contributed by atoms with Crippen molar-refractivity contribution in [2.75, 3.05) is 0 Å². The summed E-state index contributed by atoms with van der Waals surface area (Å²) in [6.45, 7) is 8.64. The first-order valence-corrected chi connectivity index (χ1v) is 7.35. The second kappa shape index (κ2) is 5.33. The van der Waals surface area contributed by atoms with Crippen LogP contribution in [0.5, 0.6) is 0 Å². The van der Waals surface area contributed by atoms with Crippen LogP contribution in [-0.2, 0) is 6.42 Å². The molecule has 0 aromatic carbocycles. The molecule has 4 heteroatoms. The summed E-state index contributed by atoms with van der Waals surface area (Å²) in [5.74, 6) is 0.767. The zero-order valence-electron chi connectivity index (χ0n) is 11.5. The molecule has 0 radical (unpaired) electrons. The maximum atomic E-state index is 6.14. The van der Waals surface area contributed by atoms with Gasteiger partial charge in [0.2, 0.25) is 0 Å². The fourth-order valence-electron chi connectivity index (χ4n) is 2.54. The predicted molar refractivity (Wildman–Crippen MR) is 78.0 cm³/mol. The van der Waals surface area contributed by atoms with E-state index in [1.54, 1.807) is 17.7 Å². The zero-order valence-corrected chi connectivity index (χ0v) is 12.3. The number of rotatable bonds is 4. The second-order valence-electron chi connectivity index (χ2n) is 5.17. The Balaban J connectivity index is 2.58. The van der Waals surface area contributed by atoms with Crippen molar-refractivity contribution < 1.29 is 0 Å². The third-order valence-electron chi connectivity index (χ3n) is 3.36. The van der Waals surface area contributed by atoms with Crippen LogP contribution < -0.4 is 5.73 Å². The molecule has 0 aliphatic heterocycles. The van der Waals surface area contributed by atoms with Crippen molar-refractivity contribution in [3.05, 3.63) is 23.0 Å². The Kier molecular flexibility index (Phi) is 3.97. The molecule has 2 aromatic rings. The number of nitrogens with two attached hydrogens (primary N) is 1. The zero-order chi connectivity index (χ0) is 13.3. The van der Waals surface area contributed by atoms with Gasteiger partial charge in [-0.25, -0.2) is 9.97 Å². The standard InChI is InChI=1S/C14H21N3S/c1-5-10-6-11-13(12(8(2)3)9(4)15)16-7-17-14(11)18-10/h6-9,12H,5,15H2,1-4H3. The van der Waals surface area contributed by atoms with Crippen LogP contribution in [0.2, 0.25) is 0 Å². The Morgan fingerprint density at radius 1 is 1.28 bits per heavy atom. The van der Waals surface area contributed by atoms with E-state index in [4.69, 9.17) is 5.73 Å². The normalized spacial score (nSPS) is 15.2. The number of thiophene rings is 1. The van der Waals surface area contributed by atoms with Gasteiger partial charge in [-0.3, -0.25) is 0 Å². The molecule has 2 unspecified atom stereocenters. The van der Waals surface area contributed by atoms with Crippen molar-refractivity contribution in [2.24, 2.45) is 11.7 Å². The van der Waals surface area contributed by atoms with Gasteiger partial charge in [0, 0.05) is 22.2 Å². The van der Waals surface area contributed by atoms with Crippen LogP contribution in [0.1, 0.15) is 44.2 Å². The number of nitrogens with zero attached hydrogens (tertiary/aromatic N) is 2. The third kappa shape index (κ3) is 2.40. The summed E-state index contributed by atoms with van der Waals surface area (Å²) in [4.78, 5) is 11.3. The Morgan fingerprint density at radius 3 is 2.56 bits per heavy atom. The molecule has 0 bridgehead atoms. The van der Waals surface area contributed by atoms with Crippen LogP contribution in [-0.4, -0.2) is 16.0 Å². The first-order chi connectivity index (χ1) is 8.54. The fraction of sp³-hybridized carbons (Fsp3) is 0.571. The summed E-state index contributed by atoms with van der Waals surface area (Å²) >= 11 is 1.76. The summed E-state index contributed by atoms with van der Waals surface area (Å²) in [7, 11) is 0. The van der Waals surface area contributed by atoms with E-state index >= 15 is 0 Å². The van der Waals surface area contributed by atoms with Crippen molar-refractivity contribution in [3.63, 3.8) is 0 Å². The highest BCUT2D eigenvalue weighted by Gasteiger charge is 2.24. The SMILES string of the molecule is CCc1cc2c(C(C(C)C)C(C)N)ncnc2s1. The molecule has 2 atom stereocenters. The minimum atomic E-state index is 0.105. The average Bonchev–Trinajstić information content (AvgIpc) is 2.72. The van der Waals surface area contributed by atoms with Gasteiger partial charge in [0.1, 0.15) is 11.2 Å². The van der Waals surface area contributed by atoms with Crippen LogP contribution >= 0.6 is 11.3 Å². The van der Waals surface area contributed by atoms with Gasteiger partial charge < -0.3 is 5.73 Å². The van der Waals surface area contributed by atoms with Crippen LogP contribution in [0.3, 0.4) is 0 Å². The largest absolute Gasteiger partial charge is 0.327 e. The first kappa shape index (κ1) is 13.4. The Labute approximate surface area is 112 Å². The predicted octanol–water partition coefficient (Wildman–Crippen LogP) is 3.34. The van der Waals surface area contributed by atoms with Gasteiger partial charge in [-0.1, -0.05) is 20.8 Å². The molecule has 0 spiro atoms. The lowest BCUT2D eigenvalue weighted by atomic mass is 9.85. The Hall–Kier alpha value is -1.00. The van der Waals surface area contributed by atoms with Crippen molar-refractivity contribution >= 4 is 21.6 Å². The molecule has 2 heterocycles. The van der Waals surface area contributed by atoms with Gasteiger partial charge in [-0.05, 0) is 25.3 Å². The molecular weight excluding hydrogens is 242 g/mol. The second-order valence-corrected chi connectivity index (χ2v) is 6.29. The minimum absolute atomic E-state index is 0.105. The molecule has 3 nitrogen and oxygen atoms in total. The molecule has 0 aliphatic carbocycles. The van der Waals surface area contributed by atoms with Gasteiger partial charge in [0.05, 0.1) is 5.69 Å². The minimum Gasteiger partial charge on any atom is -0.327 e. The Morgan fingerprint density at radius 2 is 2.00 bits per heavy atom. The van der Waals surface area contributed by atoms with Crippen molar-refractivity contribution in [1.29, 1.82) is 0 Å². The van der Waals surface area contributed by atoms with Crippen LogP contribution in [0, 0.1) is 5.92 Å². The van der Waals surface area contributed by atoms with E-state index in [1.165, 1.54) is 10.3 Å². The summed E-state index contributed by atoms with van der Waals surface area (Å²) in [5, 5.41) is 1.19. The van der Waals surface area contributed by atoms with Gasteiger partial charge in [0.15, 0.2) is 0 Å². The molecule has 0 saturated heterocycles. The van der Waals surface area contributed by atoms with Crippen molar-refractivity contribution in [1.82, 2.24) is 9.97 Å². The van der Waals surface area contributed by atoms with Crippen LogP contribution in [0.15, 0.2) is 12.4 Å². The molecular formula is C14H21N3S. The number of hydrogen-bond donors (Lipinski definition) is 1. The molecule has 98 valence electrons. The lowest BCUT2D eigenvalue weighted by molar-refractivity contribution is 0.429. The summed E-state index contributed by atoms with van der Waals surface area (Å²) < 4.78 is 0. The van der Waals surface area contributed by atoms with E-state index in [-0.39, 0.29) is 12.0 Å². The first-order valence-electron chi connectivity index (χ1n) is 6.53. The third-order valence-corrected chi connectivity index (χ3v) is 4.55.